The maximum Gasteiger partial charge on any atom is 0.251 e. The van der Waals surface area contributed by atoms with E-state index in [2.05, 4.69) is 12.1 Å². The van der Waals surface area contributed by atoms with Gasteiger partial charge in [-0.15, -0.1) is 0 Å². The Morgan fingerprint density at radius 1 is 1.19 bits per heavy atom. The lowest BCUT2D eigenvalue weighted by Gasteiger charge is -2.35. The van der Waals surface area contributed by atoms with Gasteiger partial charge in [-0.1, -0.05) is 6.07 Å². The van der Waals surface area contributed by atoms with Crippen molar-refractivity contribution in [3.05, 3.63) is 23.8 Å². The van der Waals surface area contributed by atoms with Gasteiger partial charge in [0, 0.05) is 12.8 Å². The van der Waals surface area contributed by atoms with Crippen LogP contribution in [0.2, 0.25) is 0 Å². The molecule has 1 aromatic rings. The molecule has 2 N–H and O–H groups in total. The van der Waals surface area contributed by atoms with E-state index >= 15 is 0 Å². The highest BCUT2D eigenvalue weighted by atomic mass is 16.7. The summed E-state index contributed by atoms with van der Waals surface area (Å²) >= 11 is 0. The molecule has 2 aliphatic rings. The Morgan fingerprint density at radius 3 is 2.69 bits per heavy atom. The summed E-state index contributed by atoms with van der Waals surface area (Å²) in [6.45, 7) is 0.735. The van der Waals surface area contributed by atoms with Gasteiger partial charge in [0.05, 0.1) is 0 Å². The summed E-state index contributed by atoms with van der Waals surface area (Å²) in [7, 11) is 0. The van der Waals surface area contributed by atoms with Crippen molar-refractivity contribution in [1.29, 1.82) is 0 Å². The molecule has 16 heavy (non-hydrogen) atoms. The standard InChI is InChI=1S/C13H17NO2/c14-8-1-3-10-4-5-11-12(9-10)16-13(15-11)6-2-7-13/h4-5,9H,1-3,6-8,14H2. The van der Waals surface area contributed by atoms with Crippen molar-refractivity contribution in [1.82, 2.24) is 0 Å². The monoisotopic (exact) mass is 219 g/mol. The third-order valence-corrected chi connectivity index (χ3v) is 3.38. The van der Waals surface area contributed by atoms with Gasteiger partial charge in [0.15, 0.2) is 11.5 Å². The fraction of sp³-hybridized carbons (Fsp3) is 0.538. The molecule has 0 bridgehead atoms. The molecule has 0 radical (unpaired) electrons. The highest BCUT2D eigenvalue weighted by Crippen LogP contribution is 2.48. The molecule has 1 aliphatic carbocycles. The van der Waals surface area contributed by atoms with Crippen molar-refractivity contribution in [3.63, 3.8) is 0 Å². The number of hydrogen-bond acceptors (Lipinski definition) is 3. The first kappa shape index (κ1) is 9.97. The molecule has 1 spiro atoms. The highest BCUT2D eigenvalue weighted by Gasteiger charge is 2.47. The number of rotatable bonds is 3. The molecule has 1 heterocycles. The van der Waals surface area contributed by atoms with Crippen molar-refractivity contribution in [2.75, 3.05) is 6.54 Å². The molecule has 0 aromatic heterocycles. The molecule has 1 aromatic carbocycles. The van der Waals surface area contributed by atoms with Gasteiger partial charge < -0.3 is 15.2 Å². The van der Waals surface area contributed by atoms with Crippen molar-refractivity contribution < 1.29 is 9.47 Å². The van der Waals surface area contributed by atoms with Crippen LogP contribution in [-0.2, 0) is 6.42 Å². The minimum Gasteiger partial charge on any atom is -0.448 e. The quantitative estimate of drug-likeness (QED) is 0.847. The molecule has 86 valence electrons. The van der Waals surface area contributed by atoms with Crippen molar-refractivity contribution >= 4 is 0 Å². The van der Waals surface area contributed by atoms with E-state index in [-0.39, 0.29) is 5.79 Å². The Bertz CT molecular complexity index is 399. The number of hydrogen-bond donors (Lipinski definition) is 1. The van der Waals surface area contributed by atoms with Crippen LogP contribution in [0.4, 0.5) is 0 Å². The van der Waals surface area contributed by atoms with Crippen LogP contribution >= 0.6 is 0 Å². The SMILES string of the molecule is NCCCc1ccc2c(c1)OC1(CCC1)O2. The summed E-state index contributed by atoms with van der Waals surface area (Å²) in [5.74, 6) is 1.50. The van der Waals surface area contributed by atoms with Gasteiger partial charge in [0.2, 0.25) is 0 Å². The van der Waals surface area contributed by atoms with Crippen molar-refractivity contribution in [3.8, 4) is 11.5 Å². The first-order valence-electron chi connectivity index (χ1n) is 6.02. The molecule has 0 atom stereocenters. The lowest BCUT2D eigenvalue weighted by molar-refractivity contribution is -0.138. The summed E-state index contributed by atoms with van der Waals surface area (Å²) in [5, 5.41) is 0. The van der Waals surface area contributed by atoms with Gasteiger partial charge >= 0.3 is 0 Å². The zero-order chi connectivity index (χ0) is 11.0. The van der Waals surface area contributed by atoms with Crippen LogP contribution < -0.4 is 15.2 Å². The van der Waals surface area contributed by atoms with Crippen molar-refractivity contribution in [2.24, 2.45) is 5.73 Å². The van der Waals surface area contributed by atoms with Gasteiger partial charge in [0.25, 0.3) is 5.79 Å². The van der Waals surface area contributed by atoms with E-state index < -0.39 is 0 Å². The van der Waals surface area contributed by atoms with E-state index in [0.29, 0.717) is 0 Å². The molecule has 3 rings (SSSR count). The Hall–Kier alpha value is -1.22. The molecule has 0 unspecified atom stereocenters. The molecule has 1 saturated carbocycles. The maximum absolute atomic E-state index is 5.90. The van der Waals surface area contributed by atoms with Crippen LogP contribution in [0.5, 0.6) is 11.5 Å². The number of fused-ring (bicyclic) bond motifs is 1. The lowest BCUT2D eigenvalue weighted by Crippen LogP contribution is -2.45. The van der Waals surface area contributed by atoms with E-state index in [9.17, 15) is 0 Å². The van der Waals surface area contributed by atoms with Crippen LogP contribution in [-0.4, -0.2) is 12.3 Å². The topological polar surface area (TPSA) is 44.5 Å². The molecular formula is C13H17NO2. The van der Waals surface area contributed by atoms with Gasteiger partial charge in [-0.3, -0.25) is 0 Å². The fourth-order valence-corrected chi connectivity index (χ4v) is 2.27. The number of ether oxygens (including phenoxy) is 2. The van der Waals surface area contributed by atoms with E-state index in [0.717, 1.165) is 43.7 Å². The van der Waals surface area contributed by atoms with Crippen LogP contribution in [0.15, 0.2) is 18.2 Å². The van der Waals surface area contributed by atoms with Crippen LogP contribution in [0.1, 0.15) is 31.2 Å². The van der Waals surface area contributed by atoms with Gasteiger partial charge in [-0.25, -0.2) is 0 Å². The Morgan fingerprint density at radius 2 is 2.00 bits per heavy atom. The minimum absolute atomic E-state index is 0.311. The van der Waals surface area contributed by atoms with Crippen LogP contribution in [0.3, 0.4) is 0 Å². The summed E-state index contributed by atoms with van der Waals surface area (Å²) in [4.78, 5) is 0. The van der Waals surface area contributed by atoms with Gasteiger partial charge in [0.1, 0.15) is 0 Å². The Labute approximate surface area is 95.5 Å². The molecular weight excluding hydrogens is 202 g/mol. The largest absolute Gasteiger partial charge is 0.448 e. The van der Waals surface area contributed by atoms with E-state index in [1.807, 2.05) is 6.07 Å². The normalized spacial score (nSPS) is 19.8. The molecule has 0 amide bonds. The van der Waals surface area contributed by atoms with Crippen molar-refractivity contribution in [2.45, 2.75) is 37.9 Å². The average Bonchev–Trinajstić information content (AvgIpc) is 2.64. The Balaban J connectivity index is 1.77. The average molecular weight is 219 g/mol. The minimum atomic E-state index is -0.311. The van der Waals surface area contributed by atoms with Gasteiger partial charge in [-0.2, -0.15) is 0 Å². The predicted molar refractivity (Wildman–Crippen MR) is 61.7 cm³/mol. The third kappa shape index (κ3) is 1.55. The lowest BCUT2D eigenvalue weighted by atomic mass is 9.91. The van der Waals surface area contributed by atoms with Crippen LogP contribution in [0.25, 0.3) is 0 Å². The zero-order valence-corrected chi connectivity index (χ0v) is 9.37. The maximum atomic E-state index is 5.90. The number of benzene rings is 1. The number of aryl methyl sites for hydroxylation is 1. The van der Waals surface area contributed by atoms with E-state index in [4.69, 9.17) is 15.2 Å². The molecule has 1 fully saturated rings. The van der Waals surface area contributed by atoms with Gasteiger partial charge in [-0.05, 0) is 43.5 Å². The molecule has 3 nitrogen and oxygen atoms in total. The number of nitrogens with two attached hydrogens (primary N) is 1. The summed E-state index contributed by atoms with van der Waals surface area (Å²) in [6.07, 6.45) is 5.26. The highest BCUT2D eigenvalue weighted by molar-refractivity contribution is 5.46. The molecule has 0 saturated heterocycles. The second kappa shape index (κ2) is 3.67. The summed E-state index contributed by atoms with van der Waals surface area (Å²) in [6, 6.07) is 6.22. The molecule has 1 aliphatic heterocycles. The van der Waals surface area contributed by atoms with Crippen LogP contribution in [0, 0.1) is 0 Å². The van der Waals surface area contributed by atoms with E-state index in [1.165, 1.54) is 12.0 Å². The fourth-order valence-electron chi connectivity index (χ4n) is 2.27. The zero-order valence-electron chi connectivity index (χ0n) is 9.37. The molecule has 3 heteroatoms. The third-order valence-electron chi connectivity index (χ3n) is 3.38. The first-order valence-corrected chi connectivity index (χ1v) is 6.02. The second-order valence-electron chi connectivity index (χ2n) is 4.64. The summed E-state index contributed by atoms with van der Waals surface area (Å²) < 4.78 is 11.7. The first-order chi connectivity index (χ1) is 7.81. The smallest absolute Gasteiger partial charge is 0.251 e. The Kier molecular flexibility index (Phi) is 2.28. The summed E-state index contributed by atoms with van der Waals surface area (Å²) in [5.41, 5.74) is 6.79. The van der Waals surface area contributed by atoms with E-state index in [1.54, 1.807) is 0 Å². The predicted octanol–water partition coefficient (Wildman–Crippen LogP) is 2.23. The second-order valence-corrected chi connectivity index (χ2v) is 4.64.